The summed E-state index contributed by atoms with van der Waals surface area (Å²) >= 11 is 0. The van der Waals surface area contributed by atoms with Crippen molar-refractivity contribution in [1.29, 1.82) is 0 Å². The number of nitrogens with two attached hydrogens (primary N) is 2. The number of sulfonamides is 1. The summed E-state index contributed by atoms with van der Waals surface area (Å²) in [5, 5.41) is 63.3. The van der Waals surface area contributed by atoms with E-state index < -0.39 is 101 Å². The SMILES string of the molecule is CC(=O)O.CC(=O)O.CCCCCCCCCCCCCCCCS(=O)(=O)N[C@@H](CCCCN)C(=O)N[C@H](C(=O)N[C@H](C(=O)N[C@@H](CCCN)C(=O)N[C@@H](CO)C(=O)O)[C@@H](C)O)[C@@H](C)O. The van der Waals surface area contributed by atoms with E-state index in [1.165, 1.54) is 71.6 Å². The predicted octanol–water partition coefficient (Wildman–Crippen LogP) is 0.583. The van der Waals surface area contributed by atoms with Crippen LogP contribution in [0.2, 0.25) is 0 Å². The number of amides is 4. The third kappa shape index (κ3) is 37.9. The summed E-state index contributed by atoms with van der Waals surface area (Å²) in [7, 11) is -3.91. The number of carboxylic acid groups (broad SMARTS) is 3. The number of aliphatic hydroxyl groups excluding tert-OH is 3. The van der Waals surface area contributed by atoms with E-state index in [0.29, 0.717) is 32.2 Å². The van der Waals surface area contributed by atoms with E-state index in [2.05, 4.69) is 32.9 Å². The number of aliphatic carboxylic acids is 3. The molecule has 0 saturated heterocycles. The number of hydrogen-bond acceptors (Lipinski definition) is 14. The van der Waals surface area contributed by atoms with E-state index in [-0.39, 0.29) is 31.6 Å². The van der Waals surface area contributed by atoms with Crippen molar-refractivity contribution in [2.75, 3.05) is 25.4 Å². The summed E-state index contributed by atoms with van der Waals surface area (Å²) in [6, 6.07) is -7.75. The largest absolute Gasteiger partial charge is 0.481 e. The van der Waals surface area contributed by atoms with Crippen LogP contribution in [0, 0.1) is 0 Å². The molecule has 0 heterocycles. The van der Waals surface area contributed by atoms with Crippen LogP contribution in [-0.4, -0.2) is 148 Å². The van der Waals surface area contributed by atoms with Gasteiger partial charge in [0.2, 0.25) is 33.7 Å². The molecule has 23 heteroatoms. The minimum Gasteiger partial charge on any atom is -0.481 e. The van der Waals surface area contributed by atoms with Gasteiger partial charge in [-0.2, -0.15) is 0 Å². The zero-order valence-corrected chi connectivity index (χ0v) is 40.0. The van der Waals surface area contributed by atoms with Crippen LogP contribution < -0.4 is 37.5 Å². The molecular weight excluding hydrogens is 875 g/mol. The molecule has 15 N–H and O–H groups in total. The summed E-state index contributed by atoms with van der Waals surface area (Å²) in [5.74, 6) is -7.40. The minimum atomic E-state index is -3.91. The van der Waals surface area contributed by atoms with Gasteiger partial charge < -0.3 is 63.4 Å². The third-order valence-corrected chi connectivity index (χ3v) is 11.1. The minimum absolute atomic E-state index is 0.0547. The number of nitrogens with one attached hydrogen (secondary N) is 5. The second kappa shape index (κ2) is 40.3. The van der Waals surface area contributed by atoms with Gasteiger partial charge in [0.05, 0.1) is 24.6 Å². The second-order valence-corrected chi connectivity index (χ2v) is 17.8. The second-order valence-electron chi connectivity index (χ2n) is 15.9. The van der Waals surface area contributed by atoms with Gasteiger partial charge in [0.15, 0.2) is 0 Å². The normalized spacial score (nSPS) is 14.2. The van der Waals surface area contributed by atoms with E-state index >= 15 is 0 Å². The molecular formula is C42H83N7O15S. The zero-order chi connectivity index (χ0) is 50.4. The topological polar surface area (TPSA) is 387 Å². The lowest BCUT2D eigenvalue weighted by atomic mass is 10.0. The first-order valence-corrected chi connectivity index (χ1v) is 24.4. The monoisotopic (exact) mass is 958 g/mol. The molecule has 0 rings (SSSR count). The first-order chi connectivity index (χ1) is 30.5. The first-order valence-electron chi connectivity index (χ1n) is 22.7. The summed E-state index contributed by atoms with van der Waals surface area (Å²) in [6.45, 7) is 6.23. The van der Waals surface area contributed by atoms with Crippen LogP contribution in [0.5, 0.6) is 0 Å². The third-order valence-electron chi connectivity index (χ3n) is 9.60. The lowest BCUT2D eigenvalue weighted by molar-refractivity contribution is -0.143. The molecule has 0 aliphatic carbocycles. The van der Waals surface area contributed by atoms with E-state index in [1.807, 2.05) is 0 Å². The Bertz CT molecular complexity index is 1440. The molecule has 7 atom stereocenters. The van der Waals surface area contributed by atoms with E-state index in [4.69, 9.17) is 31.3 Å². The highest BCUT2D eigenvalue weighted by Gasteiger charge is 2.36. The lowest BCUT2D eigenvalue weighted by Gasteiger charge is -2.28. The van der Waals surface area contributed by atoms with Crippen molar-refractivity contribution in [2.45, 2.75) is 199 Å². The summed E-state index contributed by atoms with van der Waals surface area (Å²) < 4.78 is 28.6. The Morgan fingerprint density at radius 1 is 0.508 bits per heavy atom. The van der Waals surface area contributed by atoms with E-state index in [9.17, 15) is 52.8 Å². The Morgan fingerprint density at radius 2 is 0.862 bits per heavy atom. The molecule has 0 saturated carbocycles. The molecule has 382 valence electrons. The Labute approximate surface area is 385 Å². The van der Waals surface area contributed by atoms with Crippen LogP contribution in [0.3, 0.4) is 0 Å². The predicted molar refractivity (Wildman–Crippen MR) is 245 cm³/mol. The Kier molecular flexibility index (Phi) is 40.5. The fourth-order valence-corrected chi connectivity index (χ4v) is 7.48. The average molecular weight is 958 g/mol. The highest BCUT2D eigenvalue weighted by Crippen LogP contribution is 2.14. The maximum absolute atomic E-state index is 13.5. The van der Waals surface area contributed by atoms with Gasteiger partial charge in [0.1, 0.15) is 30.2 Å². The molecule has 0 aliphatic heterocycles. The van der Waals surface area contributed by atoms with Crippen LogP contribution in [0.4, 0.5) is 0 Å². The standard InChI is InChI=1S/C38H75N7O11S.2C2H4O2/c1-4-5-6-7-8-9-10-11-12-13-14-15-16-19-25-57(55,56)45-30(21-17-18-23-39)35(50)43-33(28(3)48)37(52)44-32(27(2)47)36(51)41-29(22-20-24-40)34(49)42-31(26-46)38(53)54;2*1-2(3)4/h27-33,45-48H,4-26,39-40H2,1-3H3,(H,41,51)(H,42,49)(H,43,50)(H,44,52)(H,53,54);2*1H3,(H,3,4)/t27-,28-,29+,30+,31+,32+,33+;;/m1../s1. The van der Waals surface area contributed by atoms with Gasteiger partial charge in [-0.25, -0.2) is 17.9 Å². The Balaban J connectivity index is -0.00000440. The molecule has 0 fully saturated rings. The van der Waals surface area contributed by atoms with Crippen LogP contribution >= 0.6 is 0 Å². The molecule has 0 aliphatic rings. The maximum atomic E-state index is 13.5. The van der Waals surface area contributed by atoms with Crippen molar-refractivity contribution in [3.63, 3.8) is 0 Å². The Morgan fingerprint density at radius 3 is 1.25 bits per heavy atom. The van der Waals surface area contributed by atoms with Gasteiger partial charge in [0.25, 0.3) is 11.9 Å². The number of carbonyl (C=O) groups is 7. The number of carbonyl (C=O) groups excluding carboxylic acids is 4. The smallest absolute Gasteiger partial charge is 0.328 e. The highest BCUT2D eigenvalue weighted by atomic mass is 32.2. The van der Waals surface area contributed by atoms with Gasteiger partial charge >= 0.3 is 5.97 Å². The molecule has 0 aromatic carbocycles. The lowest BCUT2D eigenvalue weighted by Crippen LogP contribution is -2.62. The van der Waals surface area contributed by atoms with Crippen molar-refractivity contribution in [3.05, 3.63) is 0 Å². The van der Waals surface area contributed by atoms with Gasteiger partial charge in [-0.05, 0) is 59.0 Å². The maximum Gasteiger partial charge on any atom is 0.328 e. The van der Waals surface area contributed by atoms with Gasteiger partial charge in [-0.15, -0.1) is 0 Å². The molecule has 65 heavy (non-hydrogen) atoms. The van der Waals surface area contributed by atoms with Crippen LogP contribution in [0.1, 0.15) is 157 Å². The van der Waals surface area contributed by atoms with Gasteiger partial charge in [-0.3, -0.25) is 28.8 Å². The van der Waals surface area contributed by atoms with Crippen LogP contribution in [0.15, 0.2) is 0 Å². The van der Waals surface area contributed by atoms with E-state index in [1.54, 1.807) is 0 Å². The van der Waals surface area contributed by atoms with Crippen molar-refractivity contribution in [3.8, 4) is 0 Å². The molecule has 0 radical (unpaired) electrons. The van der Waals surface area contributed by atoms with Crippen molar-refractivity contribution >= 4 is 51.6 Å². The molecule has 0 bridgehead atoms. The zero-order valence-electron chi connectivity index (χ0n) is 39.2. The highest BCUT2D eigenvalue weighted by molar-refractivity contribution is 7.89. The summed E-state index contributed by atoms with van der Waals surface area (Å²) in [4.78, 5) is 82.2. The fourth-order valence-electron chi connectivity index (χ4n) is 6.12. The van der Waals surface area contributed by atoms with Crippen molar-refractivity contribution in [2.24, 2.45) is 11.5 Å². The summed E-state index contributed by atoms with van der Waals surface area (Å²) in [6.07, 6.45) is 13.6. The summed E-state index contributed by atoms with van der Waals surface area (Å²) in [5.41, 5.74) is 11.1. The fraction of sp³-hybridized carbons (Fsp3) is 0.833. The molecule has 0 spiro atoms. The van der Waals surface area contributed by atoms with Crippen molar-refractivity contribution < 1.29 is 72.6 Å². The molecule has 4 amide bonds. The molecule has 0 unspecified atom stereocenters. The molecule has 22 nitrogen and oxygen atoms in total. The van der Waals surface area contributed by atoms with Gasteiger partial charge in [-0.1, -0.05) is 96.8 Å². The van der Waals surface area contributed by atoms with Crippen LogP contribution in [-0.2, 0) is 43.6 Å². The molecule has 0 aromatic rings. The van der Waals surface area contributed by atoms with Gasteiger partial charge in [0, 0.05) is 13.8 Å². The first kappa shape index (κ1) is 65.3. The van der Waals surface area contributed by atoms with E-state index in [0.717, 1.165) is 33.1 Å². The quantitative estimate of drug-likeness (QED) is 0.0382. The average Bonchev–Trinajstić information content (AvgIpc) is 3.21. The van der Waals surface area contributed by atoms with Crippen LogP contribution in [0.25, 0.3) is 0 Å². The Hall–Kier alpha value is -4.00. The number of hydrogen-bond donors (Lipinski definition) is 13. The number of unbranched alkanes of at least 4 members (excludes halogenated alkanes) is 14. The number of carboxylic acids is 3. The number of rotatable bonds is 36. The van der Waals surface area contributed by atoms with Crippen molar-refractivity contribution in [1.82, 2.24) is 26.0 Å². The number of aliphatic hydroxyl groups is 3. The molecule has 0 aromatic heterocycles.